The summed E-state index contributed by atoms with van der Waals surface area (Å²) in [6.45, 7) is 3.92. The zero-order chi connectivity index (χ0) is 15.1. The van der Waals surface area contributed by atoms with Gasteiger partial charge in [0.25, 0.3) is 5.91 Å². The lowest BCUT2D eigenvalue weighted by Crippen LogP contribution is -2.38. The van der Waals surface area contributed by atoms with Crippen molar-refractivity contribution in [3.05, 3.63) is 23.1 Å². The number of carbonyl (C=O) groups is 1. The minimum Gasteiger partial charge on any atom is -0.317 e. The third-order valence-corrected chi connectivity index (χ3v) is 5.18. The first kappa shape index (κ1) is 13.8. The molecule has 2 aliphatic heterocycles. The second kappa shape index (κ2) is 5.40. The number of thiazole rings is 1. The molecule has 0 aromatic carbocycles. The Balaban J connectivity index is 1.76. The fraction of sp³-hybridized carbons (Fsp3) is 0.467. The molecule has 22 heavy (non-hydrogen) atoms. The summed E-state index contributed by atoms with van der Waals surface area (Å²) < 4.78 is 1.89. The van der Waals surface area contributed by atoms with Gasteiger partial charge in [0, 0.05) is 17.7 Å². The zero-order valence-electron chi connectivity index (χ0n) is 12.4. The SMILES string of the molecule is Cc1ncc(-c2cnn3c2CC(=O)N=C3C2CCNCC2)s1. The summed E-state index contributed by atoms with van der Waals surface area (Å²) in [5.41, 5.74) is 1.97. The van der Waals surface area contributed by atoms with Crippen molar-refractivity contribution in [2.75, 3.05) is 13.1 Å². The number of amides is 1. The minimum absolute atomic E-state index is 0.0657. The summed E-state index contributed by atoms with van der Waals surface area (Å²) in [4.78, 5) is 21.8. The van der Waals surface area contributed by atoms with E-state index < -0.39 is 0 Å². The van der Waals surface area contributed by atoms with Crippen molar-refractivity contribution in [2.24, 2.45) is 10.9 Å². The van der Waals surface area contributed by atoms with Crippen LogP contribution in [0.15, 0.2) is 17.4 Å². The van der Waals surface area contributed by atoms with E-state index in [-0.39, 0.29) is 5.91 Å². The number of hydrogen-bond donors (Lipinski definition) is 1. The number of rotatable bonds is 2. The Morgan fingerprint density at radius 3 is 2.86 bits per heavy atom. The largest absolute Gasteiger partial charge is 0.317 e. The van der Waals surface area contributed by atoms with E-state index >= 15 is 0 Å². The molecule has 0 unspecified atom stereocenters. The van der Waals surface area contributed by atoms with Crippen LogP contribution in [-0.4, -0.2) is 39.6 Å². The lowest BCUT2D eigenvalue weighted by atomic mass is 9.95. The van der Waals surface area contributed by atoms with Gasteiger partial charge in [-0.05, 0) is 32.9 Å². The Hall–Kier alpha value is -1.86. The number of aromatic nitrogens is 3. The van der Waals surface area contributed by atoms with Crippen molar-refractivity contribution < 1.29 is 4.79 Å². The topological polar surface area (TPSA) is 72.2 Å². The molecule has 1 saturated heterocycles. The van der Waals surface area contributed by atoms with Crippen LogP contribution in [0.25, 0.3) is 10.4 Å². The van der Waals surface area contributed by atoms with E-state index in [0.717, 1.165) is 52.9 Å². The lowest BCUT2D eigenvalue weighted by Gasteiger charge is -2.26. The molecule has 0 saturated carbocycles. The molecular formula is C15H17N5OS. The summed E-state index contributed by atoms with van der Waals surface area (Å²) in [6, 6.07) is 0. The number of carbonyl (C=O) groups excluding carboxylic acids is 1. The lowest BCUT2D eigenvalue weighted by molar-refractivity contribution is -0.117. The highest BCUT2D eigenvalue weighted by molar-refractivity contribution is 7.15. The standard InChI is InChI=1S/C15H17N5OS/c1-9-17-8-13(22-9)11-7-18-20-12(11)6-14(21)19-15(20)10-2-4-16-5-3-10/h7-8,10,16H,2-6H2,1H3. The molecule has 0 atom stereocenters. The highest BCUT2D eigenvalue weighted by atomic mass is 32.1. The van der Waals surface area contributed by atoms with Crippen LogP contribution < -0.4 is 5.32 Å². The number of fused-ring (bicyclic) bond motifs is 1. The monoisotopic (exact) mass is 315 g/mol. The predicted octanol–water partition coefficient (Wildman–Crippen LogP) is 1.64. The Morgan fingerprint density at radius 1 is 1.32 bits per heavy atom. The summed E-state index contributed by atoms with van der Waals surface area (Å²) in [7, 11) is 0. The second-order valence-electron chi connectivity index (χ2n) is 5.73. The normalized spacial score (nSPS) is 19.1. The number of nitrogens with zero attached hydrogens (tertiary/aromatic N) is 4. The Kier molecular flexibility index (Phi) is 3.38. The van der Waals surface area contributed by atoms with E-state index in [4.69, 9.17) is 0 Å². The minimum atomic E-state index is -0.0657. The molecule has 4 heterocycles. The molecule has 1 N–H and O–H groups in total. The molecule has 1 fully saturated rings. The number of aryl methyl sites for hydroxylation is 1. The molecule has 1 amide bonds. The summed E-state index contributed by atoms with van der Waals surface area (Å²) in [6.07, 6.45) is 6.03. The first-order chi connectivity index (χ1) is 10.7. The average Bonchev–Trinajstić information content (AvgIpc) is 3.13. The van der Waals surface area contributed by atoms with Gasteiger partial charge >= 0.3 is 0 Å². The van der Waals surface area contributed by atoms with E-state index in [1.165, 1.54) is 0 Å². The van der Waals surface area contributed by atoms with Crippen molar-refractivity contribution in [2.45, 2.75) is 26.2 Å². The maximum absolute atomic E-state index is 12.1. The van der Waals surface area contributed by atoms with Gasteiger partial charge in [-0.25, -0.2) is 9.67 Å². The molecule has 2 aromatic heterocycles. The van der Waals surface area contributed by atoms with Crippen molar-refractivity contribution >= 4 is 23.1 Å². The smallest absolute Gasteiger partial charge is 0.253 e. The molecule has 0 bridgehead atoms. The van der Waals surface area contributed by atoms with Gasteiger partial charge in [-0.2, -0.15) is 10.1 Å². The molecule has 2 aromatic rings. The Bertz CT molecular complexity index is 754. The van der Waals surface area contributed by atoms with Gasteiger partial charge in [0.1, 0.15) is 5.84 Å². The van der Waals surface area contributed by atoms with E-state index in [0.29, 0.717) is 12.3 Å². The van der Waals surface area contributed by atoms with Gasteiger partial charge in [0.05, 0.1) is 28.2 Å². The molecule has 114 valence electrons. The van der Waals surface area contributed by atoms with Crippen LogP contribution in [0.2, 0.25) is 0 Å². The van der Waals surface area contributed by atoms with Crippen molar-refractivity contribution in [3.63, 3.8) is 0 Å². The van der Waals surface area contributed by atoms with Crippen molar-refractivity contribution in [3.8, 4) is 10.4 Å². The molecule has 0 radical (unpaired) electrons. The summed E-state index contributed by atoms with van der Waals surface area (Å²) in [5.74, 6) is 1.06. The highest BCUT2D eigenvalue weighted by Gasteiger charge is 2.30. The predicted molar refractivity (Wildman–Crippen MR) is 85.2 cm³/mol. The van der Waals surface area contributed by atoms with Gasteiger partial charge in [0.2, 0.25) is 0 Å². The molecule has 2 aliphatic rings. The van der Waals surface area contributed by atoms with Gasteiger partial charge < -0.3 is 5.32 Å². The van der Waals surface area contributed by atoms with Gasteiger partial charge in [-0.15, -0.1) is 11.3 Å². The number of nitrogens with one attached hydrogen (secondary N) is 1. The maximum Gasteiger partial charge on any atom is 0.253 e. The number of piperidine rings is 1. The fourth-order valence-electron chi connectivity index (χ4n) is 3.14. The third-order valence-electron chi connectivity index (χ3n) is 4.23. The molecule has 0 aliphatic carbocycles. The Labute approximate surface area is 132 Å². The van der Waals surface area contributed by atoms with E-state index in [1.54, 1.807) is 11.3 Å². The van der Waals surface area contributed by atoms with Crippen LogP contribution in [0, 0.1) is 12.8 Å². The molecular weight excluding hydrogens is 298 g/mol. The van der Waals surface area contributed by atoms with Crippen molar-refractivity contribution in [1.29, 1.82) is 0 Å². The number of aliphatic imine (C=N–C) groups is 1. The van der Waals surface area contributed by atoms with E-state index in [1.807, 2.05) is 24.0 Å². The second-order valence-corrected chi connectivity index (χ2v) is 6.96. The summed E-state index contributed by atoms with van der Waals surface area (Å²) in [5, 5.41) is 8.89. The first-order valence-electron chi connectivity index (χ1n) is 7.54. The molecule has 6 nitrogen and oxygen atoms in total. The third kappa shape index (κ3) is 2.30. The van der Waals surface area contributed by atoms with Crippen LogP contribution in [-0.2, 0) is 11.2 Å². The number of hydrogen-bond acceptors (Lipinski definition) is 5. The highest BCUT2D eigenvalue weighted by Crippen LogP contribution is 2.31. The van der Waals surface area contributed by atoms with Crippen LogP contribution in [0.4, 0.5) is 0 Å². The van der Waals surface area contributed by atoms with Crippen LogP contribution in [0.3, 0.4) is 0 Å². The quantitative estimate of drug-likeness (QED) is 0.914. The Morgan fingerprint density at radius 2 is 2.14 bits per heavy atom. The van der Waals surface area contributed by atoms with E-state index in [9.17, 15) is 4.79 Å². The maximum atomic E-state index is 12.1. The van der Waals surface area contributed by atoms with Crippen LogP contribution in [0.1, 0.15) is 23.5 Å². The van der Waals surface area contributed by atoms with Crippen LogP contribution >= 0.6 is 11.3 Å². The zero-order valence-corrected chi connectivity index (χ0v) is 13.2. The molecule has 0 spiro atoms. The van der Waals surface area contributed by atoms with Gasteiger partial charge in [-0.3, -0.25) is 4.79 Å². The average molecular weight is 315 g/mol. The van der Waals surface area contributed by atoms with Gasteiger partial charge in [-0.1, -0.05) is 0 Å². The van der Waals surface area contributed by atoms with Crippen LogP contribution in [0.5, 0.6) is 0 Å². The summed E-state index contributed by atoms with van der Waals surface area (Å²) >= 11 is 1.63. The first-order valence-corrected chi connectivity index (χ1v) is 8.36. The molecule has 7 heteroatoms. The van der Waals surface area contributed by atoms with Gasteiger partial charge in [0.15, 0.2) is 0 Å². The van der Waals surface area contributed by atoms with Crippen molar-refractivity contribution in [1.82, 2.24) is 20.1 Å². The van der Waals surface area contributed by atoms with E-state index in [2.05, 4.69) is 20.4 Å². The fourth-order valence-corrected chi connectivity index (χ4v) is 3.94. The molecule has 4 rings (SSSR count).